The summed E-state index contributed by atoms with van der Waals surface area (Å²) in [6.45, 7) is 0. The van der Waals surface area contributed by atoms with Crippen molar-refractivity contribution in [2.24, 2.45) is 0 Å². The van der Waals surface area contributed by atoms with Gasteiger partial charge < -0.3 is 0 Å². The highest BCUT2D eigenvalue weighted by Crippen LogP contribution is 2.26. The van der Waals surface area contributed by atoms with Crippen molar-refractivity contribution in [3.05, 3.63) is 158 Å². The first-order chi connectivity index (χ1) is 18.3. The second-order valence-electron chi connectivity index (χ2n) is 8.87. The predicted octanol–water partition coefficient (Wildman–Crippen LogP) is 7.38. The lowest BCUT2D eigenvalue weighted by molar-refractivity contribution is -0.596. The van der Waals surface area contributed by atoms with E-state index in [9.17, 15) is 0 Å². The highest BCUT2D eigenvalue weighted by atomic mass is 19.1. The summed E-state index contributed by atoms with van der Waals surface area (Å²) in [6.07, 6.45) is 7.46. The second kappa shape index (κ2) is 10.00. The molecule has 0 saturated carbocycles. The zero-order valence-corrected chi connectivity index (χ0v) is 20.2. The predicted molar refractivity (Wildman–Crippen MR) is 146 cm³/mol. The van der Waals surface area contributed by atoms with Gasteiger partial charge in [0.1, 0.15) is 0 Å². The van der Waals surface area contributed by atoms with Gasteiger partial charge in [-0.15, -0.1) is 0 Å². The lowest BCUT2D eigenvalue weighted by atomic mass is 10.0. The van der Waals surface area contributed by atoms with Crippen molar-refractivity contribution < 1.29 is 13.5 Å². The fourth-order valence-corrected chi connectivity index (χ4v) is 4.74. The molecule has 0 aliphatic rings. The van der Waals surface area contributed by atoms with Gasteiger partial charge >= 0.3 is 0 Å². The maximum atomic E-state index is 15.4. The molecular formula is C34H25FN2+2. The normalized spacial score (nSPS) is 10.8. The summed E-state index contributed by atoms with van der Waals surface area (Å²) in [7, 11) is 0. The van der Waals surface area contributed by atoms with Gasteiger partial charge in [0.15, 0.2) is 24.4 Å². The molecule has 37 heavy (non-hydrogen) atoms. The first-order valence-corrected chi connectivity index (χ1v) is 12.3. The van der Waals surface area contributed by atoms with Crippen molar-refractivity contribution >= 4 is 0 Å². The number of hydrogen-bond acceptors (Lipinski definition) is 0. The molecule has 0 unspecified atom stereocenters. The zero-order valence-electron chi connectivity index (χ0n) is 20.2. The molecule has 6 rings (SSSR count). The van der Waals surface area contributed by atoms with E-state index in [1.165, 1.54) is 0 Å². The van der Waals surface area contributed by atoms with E-state index in [2.05, 4.69) is 47.0 Å². The van der Waals surface area contributed by atoms with E-state index in [0.29, 0.717) is 5.56 Å². The molecule has 3 heteroatoms. The van der Waals surface area contributed by atoms with Gasteiger partial charge in [-0.25, -0.2) is 0 Å². The van der Waals surface area contributed by atoms with Crippen LogP contribution in [0.5, 0.6) is 0 Å². The Hall–Kier alpha value is -4.89. The molecule has 0 aliphatic carbocycles. The van der Waals surface area contributed by atoms with Crippen LogP contribution < -0.4 is 9.13 Å². The van der Waals surface area contributed by atoms with Crippen molar-refractivity contribution in [3.63, 3.8) is 0 Å². The van der Waals surface area contributed by atoms with Gasteiger partial charge in [0.2, 0.25) is 17.6 Å². The standard InChI is InChI=1S/C34H25FN2/c35-32-25-37(34-18-10-8-16-31(34)27-13-5-2-6-14-27)24-21-29(32)28-19-22-36(23-20-28)33-17-9-7-15-30(33)26-11-3-1-4-12-26/h1-25H/q+2. The Morgan fingerprint density at radius 1 is 0.378 bits per heavy atom. The Bertz CT molecular complexity index is 1660. The van der Waals surface area contributed by atoms with E-state index >= 15 is 4.39 Å². The van der Waals surface area contributed by atoms with E-state index in [1.54, 1.807) is 6.20 Å². The Labute approximate surface area is 216 Å². The summed E-state index contributed by atoms with van der Waals surface area (Å²) in [5.41, 5.74) is 7.85. The largest absolute Gasteiger partial charge is 0.218 e. The van der Waals surface area contributed by atoms with Crippen LogP contribution in [0.25, 0.3) is 44.8 Å². The van der Waals surface area contributed by atoms with Crippen molar-refractivity contribution in [3.8, 4) is 44.8 Å². The molecule has 176 valence electrons. The molecule has 0 aliphatic heterocycles. The summed E-state index contributed by atoms with van der Waals surface area (Å²) in [4.78, 5) is 0. The van der Waals surface area contributed by atoms with E-state index < -0.39 is 0 Å². The molecule has 0 atom stereocenters. The smallest absolute Gasteiger partial charge is 0.200 e. The number of hydrogen-bond donors (Lipinski definition) is 0. The van der Waals surface area contributed by atoms with Gasteiger partial charge in [-0.2, -0.15) is 13.5 Å². The van der Waals surface area contributed by atoms with E-state index in [4.69, 9.17) is 0 Å². The van der Waals surface area contributed by atoms with Crippen LogP contribution in [0, 0.1) is 5.82 Å². The first-order valence-electron chi connectivity index (χ1n) is 12.3. The van der Waals surface area contributed by atoms with Crippen LogP contribution >= 0.6 is 0 Å². The monoisotopic (exact) mass is 480 g/mol. The number of aromatic nitrogens is 2. The second-order valence-corrected chi connectivity index (χ2v) is 8.87. The van der Waals surface area contributed by atoms with Crippen LogP contribution in [0.3, 0.4) is 0 Å². The van der Waals surface area contributed by atoms with E-state index in [1.807, 2.05) is 108 Å². The van der Waals surface area contributed by atoms with Crippen molar-refractivity contribution in [2.45, 2.75) is 0 Å². The third kappa shape index (κ3) is 4.55. The van der Waals surface area contributed by atoms with Gasteiger partial charge in [-0.3, -0.25) is 0 Å². The summed E-state index contributed by atoms with van der Waals surface area (Å²) in [5, 5.41) is 0. The van der Waals surface area contributed by atoms with Gasteiger partial charge in [-0.05, 0) is 28.8 Å². The third-order valence-electron chi connectivity index (χ3n) is 6.59. The summed E-state index contributed by atoms with van der Waals surface area (Å²) in [6, 6.07) is 42.6. The lowest BCUT2D eigenvalue weighted by Crippen LogP contribution is -2.31. The van der Waals surface area contributed by atoms with Gasteiger partial charge in [0.05, 0.1) is 11.1 Å². The van der Waals surface area contributed by atoms with Crippen molar-refractivity contribution in [2.75, 3.05) is 0 Å². The number of para-hydroxylation sites is 2. The number of benzene rings is 4. The molecule has 0 saturated heterocycles. The highest BCUT2D eigenvalue weighted by molar-refractivity contribution is 5.71. The van der Waals surface area contributed by atoms with Crippen LogP contribution in [0.4, 0.5) is 4.39 Å². The minimum atomic E-state index is -0.271. The Morgan fingerprint density at radius 3 is 1.35 bits per heavy atom. The maximum Gasteiger partial charge on any atom is 0.218 e. The molecule has 6 aromatic rings. The minimum absolute atomic E-state index is 0.271. The average Bonchev–Trinajstić information content (AvgIpc) is 2.98. The van der Waals surface area contributed by atoms with Gasteiger partial charge in [-0.1, -0.05) is 84.9 Å². The maximum absolute atomic E-state index is 15.4. The fourth-order valence-electron chi connectivity index (χ4n) is 4.74. The molecule has 4 aromatic carbocycles. The summed E-state index contributed by atoms with van der Waals surface area (Å²) < 4.78 is 19.4. The van der Waals surface area contributed by atoms with Crippen LogP contribution in [0.1, 0.15) is 0 Å². The third-order valence-corrected chi connectivity index (χ3v) is 6.59. The molecule has 2 aromatic heterocycles. The fraction of sp³-hybridized carbons (Fsp3) is 0. The molecule has 0 amide bonds. The van der Waals surface area contributed by atoms with Gasteiger partial charge in [0.25, 0.3) is 0 Å². The van der Waals surface area contributed by atoms with Crippen molar-refractivity contribution in [1.29, 1.82) is 0 Å². The average molecular weight is 481 g/mol. The van der Waals surface area contributed by atoms with E-state index in [0.717, 1.165) is 39.2 Å². The molecule has 2 nitrogen and oxygen atoms in total. The van der Waals surface area contributed by atoms with Crippen LogP contribution in [-0.4, -0.2) is 0 Å². The Morgan fingerprint density at radius 2 is 0.811 bits per heavy atom. The summed E-state index contributed by atoms with van der Waals surface area (Å²) >= 11 is 0. The quantitative estimate of drug-likeness (QED) is 0.228. The van der Waals surface area contributed by atoms with Crippen LogP contribution in [-0.2, 0) is 0 Å². The SMILES string of the molecule is Fc1c[n+](-c2ccccc2-c2ccccc2)ccc1-c1cc[n+](-c2ccccc2-c2ccccc2)cc1. The van der Waals surface area contributed by atoms with Crippen LogP contribution in [0.2, 0.25) is 0 Å². The minimum Gasteiger partial charge on any atom is -0.200 e. The molecule has 0 bridgehead atoms. The van der Waals surface area contributed by atoms with Gasteiger partial charge in [0, 0.05) is 35.9 Å². The molecule has 0 spiro atoms. The first kappa shape index (κ1) is 22.6. The number of pyridine rings is 2. The molecule has 0 N–H and O–H groups in total. The Kier molecular flexibility index (Phi) is 6.10. The van der Waals surface area contributed by atoms with Crippen LogP contribution in [0.15, 0.2) is 152 Å². The molecular weight excluding hydrogens is 455 g/mol. The Balaban J connectivity index is 1.33. The topological polar surface area (TPSA) is 7.76 Å². The number of nitrogens with zero attached hydrogens (tertiary/aromatic N) is 2. The van der Waals surface area contributed by atoms with Crippen molar-refractivity contribution in [1.82, 2.24) is 0 Å². The molecule has 0 radical (unpaired) electrons. The zero-order chi connectivity index (χ0) is 25.0. The molecule has 2 heterocycles. The highest BCUT2D eigenvalue weighted by Gasteiger charge is 2.19. The lowest BCUT2D eigenvalue weighted by Gasteiger charge is -2.07. The number of halogens is 1. The van der Waals surface area contributed by atoms with E-state index in [-0.39, 0.29) is 5.82 Å². The molecule has 0 fully saturated rings. The number of rotatable bonds is 5. The summed E-state index contributed by atoms with van der Waals surface area (Å²) in [5.74, 6) is -0.271.